The van der Waals surface area contributed by atoms with Crippen LogP contribution in [0.4, 0.5) is 10.8 Å². The van der Waals surface area contributed by atoms with Crippen LogP contribution in [0.2, 0.25) is 0 Å². The molecule has 0 radical (unpaired) electrons. The molecule has 3 rings (SSSR count). The molecule has 0 saturated carbocycles. The topological polar surface area (TPSA) is 66.9 Å². The number of pyridine rings is 1. The zero-order valence-corrected chi connectivity index (χ0v) is 13.5. The Balaban J connectivity index is 1.69. The van der Waals surface area contributed by atoms with Crippen LogP contribution in [-0.2, 0) is 11.3 Å². The van der Waals surface area contributed by atoms with Gasteiger partial charge in [-0.15, -0.1) is 22.7 Å². The molecule has 3 aromatic rings. The Labute approximate surface area is 136 Å². The molecule has 1 amide bonds. The molecule has 0 bridgehead atoms. The molecule has 0 unspecified atom stereocenters. The van der Waals surface area contributed by atoms with E-state index in [-0.39, 0.29) is 5.91 Å². The Morgan fingerprint density at radius 3 is 3.00 bits per heavy atom. The zero-order chi connectivity index (χ0) is 15.4. The predicted molar refractivity (Wildman–Crippen MR) is 90.5 cm³/mol. The number of carbonyl (C=O) groups excluding carboxylic acids is 1. The lowest BCUT2D eigenvalue weighted by Crippen LogP contribution is -2.17. The quantitative estimate of drug-likeness (QED) is 0.749. The van der Waals surface area contributed by atoms with Gasteiger partial charge in [-0.2, -0.15) is 0 Å². The van der Waals surface area contributed by atoms with E-state index < -0.39 is 0 Å². The minimum Gasteiger partial charge on any atom is -0.351 e. The van der Waals surface area contributed by atoms with E-state index in [9.17, 15) is 4.79 Å². The van der Waals surface area contributed by atoms with Crippen molar-refractivity contribution in [2.75, 3.05) is 5.32 Å². The number of amides is 1. The molecule has 0 spiro atoms. The number of nitrogens with one attached hydrogen (secondary N) is 2. The highest BCUT2D eigenvalue weighted by molar-refractivity contribution is 7.17. The van der Waals surface area contributed by atoms with Crippen molar-refractivity contribution in [2.45, 2.75) is 13.5 Å². The van der Waals surface area contributed by atoms with Crippen molar-refractivity contribution in [2.24, 2.45) is 0 Å². The summed E-state index contributed by atoms with van der Waals surface area (Å²) >= 11 is 3.19. The molecule has 3 heterocycles. The van der Waals surface area contributed by atoms with Gasteiger partial charge in [-0.05, 0) is 24.3 Å². The van der Waals surface area contributed by atoms with Crippen LogP contribution in [0.25, 0.3) is 10.6 Å². The highest BCUT2D eigenvalue weighted by atomic mass is 32.1. The highest BCUT2D eigenvalue weighted by Crippen LogP contribution is 2.31. The minimum absolute atomic E-state index is 0.0217. The first-order chi connectivity index (χ1) is 10.7. The molecule has 5 nitrogen and oxygen atoms in total. The number of rotatable bonds is 5. The van der Waals surface area contributed by atoms with E-state index in [2.05, 4.69) is 20.6 Å². The van der Waals surface area contributed by atoms with Crippen molar-refractivity contribution in [3.8, 4) is 10.6 Å². The maximum atomic E-state index is 10.9. The Morgan fingerprint density at radius 1 is 1.32 bits per heavy atom. The van der Waals surface area contributed by atoms with E-state index >= 15 is 0 Å². The van der Waals surface area contributed by atoms with E-state index in [0.717, 1.165) is 26.3 Å². The number of aromatic nitrogens is 2. The monoisotopic (exact) mass is 330 g/mol. The summed E-state index contributed by atoms with van der Waals surface area (Å²) in [7, 11) is 0. The van der Waals surface area contributed by atoms with Gasteiger partial charge >= 0.3 is 0 Å². The van der Waals surface area contributed by atoms with Crippen molar-refractivity contribution >= 4 is 39.4 Å². The van der Waals surface area contributed by atoms with Gasteiger partial charge in [-0.1, -0.05) is 0 Å². The Kier molecular flexibility index (Phi) is 4.45. The second-order valence-electron chi connectivity index (χ2n) is 4.58. The van der Waals surface area contributed by atoms with Crippen molar-refractivity contribution < 1.29 is 4.79 Å². The zero-order valence-electron chi connectivity index (χ0n) is 11.9. The van der Waals surface area contributed by atoms with E-state index in [4.69, 9.17) is 0 Å². The average molecular weight is 330 g/mol. The number of nitrogens with zero attached hydrogens (tertiary/aromatic N) is 2. The molecule has 2 N–H and O–H groups in total. The molecule has 0 aromatic carbocycles. The number of thiazole rings is 1. The van der Waals surface area contributed by atoms with E-state index in [1.165, 1.54) is 6.92 Å². The van der Waals surface area contributed by atoms with E-state index in [0.29, 0.717) is 6.54 Å². The summed E-state index contributed by atoms with van der Waals surface area (Å²) in [5, 5.41) is 8.89. The summed E-state index contributed by atoms with van der Waals surface area (Å²) in [5.74, 6) is -0.0217. The van der Waals surface area contributed by atoms with Crippen LogP contribution in [0.1, 0.15) is 11.8 Å². The van der Waals surface area contributed by atoms with Crippen molar-refractivity contribution in [3.63, 3.8) is 0 Å². The molecule has 0 saturated heterocycles. The lowest BCUT2D eigenvalue weighted by Gasteiger charge is -1.99. The number of hydrogen-bond acceptors (Lipinski definition) is 6. The first-order valence-electron chi connectivity index (χ1n) is 6.67. The van der Waals surface area contributed by atoms with Gasteiger partial charge in [0.1, 0.15) is 0 Å². The van der Waals surface area contributed by atoms with E-state index in [1.54, 1.807) is 35.1 Å². The molecular weight excluding hydrogens is 316 g/mol. The molecule has 0 fully saturated rings. The SMILES string of the molecule is CC(=O)NCc1ccc(-c2csc(Nc3cccnc3)n2)s1. The van der Waals surface area contributed by atoms with E-state index in [1.807, 2.05) is 29.6 Å². The van der Waals surface area contributed by atoms with Gasteiger partial charge in [0.25, 0.3) is 0 Å². The van der Waals surface area contributed by atoms with Crippen LogP contribution in [-0.4, -0.2) is 15.9 Å². The molecule has 0 aliphatic heterocycles. The lowest BCUT2D eigenvalue weighted by atomic mass is 10.3. The third-order valence-corrected chi connectivity index (χ3v) is 4.71. The van der Waals surface area contributed by atoms with Gasteiger partial charge < -0.3 is 10.6 Å². The predicted octanol–water partition coefficient (Wildman–Crippen LogP) is 3.65. The highest BCUT2D eigenvalue weighted by Gasteiger charge is 2.08. The minimum atomic E-state index is -0.0217. The van der Waals surface area contributed by atoms with Gasteiger partial charge in [-0.25, -0.2) is 4.98 Å². The standard InChI is InChI=1S/C15H14N4OS2/c1-10(20)17-8-12-4-5-14(22-12)13-9-21-15(19-13)18-11-3-2-6-16-7-11/h2-7,9H,8H2,1H3,(H,17,20)(H,18,19). The fraction of sp³-hybridized carbons (Fsp3) is 0.133. The van der Waals surface area contributed by atoms with Gasteiger partial charge in [0, 0.05) is 23.4 Å². The fourth-order valence-corrected chi connectivity index (χ4v) is 3.54. The van der Waals surface area contributed by atoms with Gasteiger partial charge in [-0.3, -0.25) is 9.78 Å². The number of anilines is 2. The van der Waals surface area contributed by atoms with Crippen LogP contribution in [0.5, 0.6) is 0 Å². The van der Waals surface area contributed by atoms with Crippen LogP contribution in [0, 0.1) is 0 Å². The van der Waals surface area contributed by atoms with Crippen molar-refractivity contribution in [1.82, 2.24) is 15.3 Å². The normalized spacial score (nSPS) is 10.4. The third kappa shape index (κ3) is 3.69. The first kappa shape index (κ1) is 14.7. The second kappa shape index (κ2) is 6.67. The summed E-state index contributed by atoms with van der Waals surface area (Å²) < 4.78 is 0. The fourth-order valence-electron chi connectivity index (χ4n) is 1.83. The maximum Gasteiger partial charge on any atom is 0.217 e. The summed E-state index contributed by atoms with van der Waals surface area (Å²) in [5.41, 5.74) is 1.86. The largest absolute Gasteiger partial charge is 0.351 e. The number of thiophene rings is 1. The summed E-state index contributed by atoms with van der Waals surface area (Å²) in [6, 6.07) is 7.88. The summed E-state index contributed by atoms with van der Waals surface area (Å²) in [6.45, 7) is 2.08. The molecule has 0 aliphatic carbocycles. The summed E-state index contributed by atoms with van der Waals surface area (Å²) in [6.07, 6.45) is 3.50. The van der Waals surface area contributed by atoms with Crippen molar-refractivity contribution in [3.05, 3.63) is 46.9 Å². The molecule has 7 heteroatoms. The van der Waals surface area contributed by atoms with Gasteiger partial charge in [0.15, 0.2) is 5.13 Å². The maximum absolute atomic E-state index is 10.9. The molecule has 22 heavy (non-hydrogen) atoms. The van der Waals surface area contributed by atoms with Gasteiger partial charge in [0.2, 0.25) is 5.91 Å². The number of carbonyl (C=O) groups is 1. The molecular formula is C15H14N4OS2. The summed E-state index contributed by atoms with van der Waals surface area (Å²) in [4.78, 5) is 21.8. The van der Waals surface area contributed by atoms with Crippen LogP contribution >= 0.6 is 22.7 Å². The lowest BCUT2D eigenvalue weighted by molar-refractivity contribution is -0.119. The van der Waals surface area contributed by atoms with Crippen molar-refractivity contribution in [1.29, 1.82) is 0 Å². The Morgan fingerprint density at radius 2 is 2.23 bits per heavy atom. The molecule has 0 aliphatic rings. The third-order valence-electron chi connectivity index (χ3n) is 2.84. The van der Waals surface area contributed by atoms with Crippen LogP contribution in [0.15, 0.2) is 42.0 Å². The second-order valence-corrected chi connectivity index (χ2v) is 6.61. The van der Waals surface area contributed by atoms with Crippen LogP contribution < -0.4 is 10.6 Å². The smallest absolute Gasteiger partial charge is 0.217 e. The Hall–Kier alpha value is -2.25. The molecule has 3 aromatic heterocycles. The molecule has 0 atom stereocenters. The number of hydrogen-bond donors (Lipinski definition) is 2. The Bertz CT molecular complexity index is 767. The first-order valence-corrected chi connectivity index (χ1v) is 8.36. The molecule has 112 valence electrons. The van der Waals surface area contributed by atoms with Gasteiger partial charge in [0.05, 0.1) is 29.0 Å². The van der Waals surface area contributed by atoms with Crippen LogP contribution in [0.3, 0.4) is 0 Å². The average Bonchev–Trinajstić information content (AvgIpc) is 3.15.